The zero-order valence-electron chi connectivity index (χ0n) is 11.5. The zero-order valence-corrected chi connectivity index (χ0v) is 11.5. The minimum atomic E-state index is -0.390. The van der Waals surface area contributed by atoms with Crippen molar-refractivity contribution in [2.75, 3.05) is 0 Å². The van der Waals surface area contributed by atoms with Crippen LogP contribution in [-0.4, -0.2) is 14.9 Å². The van der Waals surface area contributed by atoms with E-state index in [4.69, 9.17) is 0 Å². The first-order valence-electron chi connectivity index (χ1n) is 6.83. The van der Waals surface area contributed by atoms with Gasteiger partial charge in [-0.1, -0.05) is 18.2 Å². The fourth-order valence-corrected chi connectivity index (χ4v) is 2.77. The van der Waals surface area contributed by atoms with Crippen molar-refractivity contribution in [1.82, 2.24) is 9.97 Å². The molecule has 5 nitrogen and oxygen atoms in total. The number of non-ortho nitro benzene ring substituents is 1. The van der Waals surface area contributed by atoms with Gasteiger partial charge in [0.2, 0.25) is 0 Å². The fourth-order valence-electron chi connectivity index (χ4n) is 2.77. The molecule has 0 fully saturated rings. The summed E-state index contributed by atoms with van der Waals surface area (Å²) in [5.74, 6) is 0. The summed E-state index contributed by atoms with van der Waals surface area (Å²) in [5, 5.41) is 12.9. The predicted molar refractivity (Wildman–Crippen MR) is 85.7 cm³/mol. The van der Waals surface area contributed by atoms with Crippen molar-refractivity contribution in [2.24, 2.45) is 0 Å². The first-order valence-corrected chi connectivity index (χ1v) is 6.83. The smallest absolute Gasteiger partial charge is 0.269 e. The maximum atomic E-state index is 10.8. The lowest BCUT2D eigenvalue weighted by molar-refractivity contribution is -0.384. The van der Waals surface area contributed by atoms with Gasteiger partial charge in [-0.05, 0) is 23.8 Å². The fraction of sp³-hybridized carbons (Fsp3) is 0. The van der Waals surface area contributed by atoms with Crippen LogP contribution in [0.3, 0.4) is 0 Å². The molecule has 0 radical (unpaired) electrons. The highest BCUT2D eigenvalue weighted by Crippen LogP contribution is 2.33. The Balaban J connectivity index is 1.96. The van der Waals surface area contributed by atoms with E-state index in [1.54, 1.807) is 18.3 Å². The third-order valence-electron chi connectivity index (χ3n) is 3.82. The van der Waals surface area contributed by atoms with Gasteiger partial charge in [0.1, 0.15) is 0 Å². The van der Waals surface area contributed by atoms with Crippen LogP contribution in [0.5, 0.6) is 0 Å². The highest BCUT2D eigenvalue weighted by molar-refractivity contribution is 6.11. The van der Waals surface area contributed by atoms with Gasteiger partial charge in [0.25, 0.3) is 5.69 Å². The van der Waals surface area contributed by atoms with Crippen LogP contribution in [0.25, 0.3) is 32.9 Å². The van der Waals surface area contributed by atoms with Crippen molar-refractivity contribution < 1.29 is 4.92 Å². The standard InChI is InChI=1S/C17H11N3O2/c21-20(22)12-6-4-11(5-7-12)13-2-1-3-14-15-10-18-9-8-16(15)19-17(13)14/h1-10,19H. The van der Waals surface area contributed by atoms with Gasteiger partial charge >= 0.3 is 0 Å². The maximum absolute atomic E-state index is 10.8. The quantitative estimate of drug-likeness (QED) is 0.442. The normalized spacial score (nSPS) is 11.1. The lowest BCUT2D eigenvalue weighted by atomic mass is 10.0. The van der Waals surface area contributed by atoms with Crippen molar-refractivity contribution in [3.63, 3.8) is 0 Å². The van der Waals surface area contributed by atoms with E-state index in [1.165, 1.54) is 12.1 Å². The Morgan fingerprint density at radius 3 is 2.59 bits per heavy atom. The molecular formula is C17H11N3O2. The zero-order chi connectivity index (χ0) is 15.1. The summed E-state index contributed by atoms with van der Waals surface area (Å²) in [6.07, 6.45) is 3.59. The molecule has 0 atom stereocenters. The minimum Gasteiger partial charge on any atom is -0.354 e. The van der Waals surface area contributed by atoms with Crippen molar-refractivity contribution in [3.8, 4) is 11.1 Å². The van der Waals surface area contributed by atoms with Crippen LogP contribution in [-0.2, 0) is 0 Å². The molecule has 0 aliphatic rings. The molecule has 106 valence electrons. The van der Waals surface area contributed by atoms with Gasteiger partial charge in [-0.15, -0.1) is 0 Å². The van der Waals surface area contributed by atoms with E-state index in [0.29, 0.717) is 0 Å². The first-order chi connectivity index (χ1) is 10.7. The number of fused-ring (bicyclic) bond motifs is 3. The van der Waals surface area contributed by atoms with Crippen LogP contribution < -0.4 is 0 Å². The van der Waals surface area contributed by atoms with Crippen LogP contribution in [0.2, 0.25) is 0 Å². The second-order valence-electron chi connectivity index (χ2n) is 5.08. The molecule has 0 aliphatic heterocycles. The van der Waals surface area contributed by atoms with Crippen LogP contribution in [0.4, 0.5) is 5.69 Å². The lowest BCUT2D eigenvalue weighted by Gasteiger charge is -2.03. The summed E-state index contributed by atoms with van der Waals surface area (Å²) in [4.78, 5) is 18.0. The molecule has 0 amide bonds. The van der Waals surface area contributed by atoms with Gasteiger partial charge < -0.3 is 4.98 Å². The average molecular weight is 289 g/mol. The van der Waals surface area contributed by atoms with Gasteiger partial charge in [0, 0.05) is 46.4 Å². The van der Waals surface area contributed by atoms with E-state index < -0.39 is 0 Å². The molecule has 0 unspecified atom stereocenters. The first kappa shape index (κ1) is 12.5. The summed E-state index contributed by atoms with van der Waals surface area (Å²) < 4.78 is 0. The van der Waals surface area contributed by atoms with Gasteiger partial charge in [0.15, 0.2) is 0 Å². The topological polar surface area (TPSA) is 71.8 Å². The van der Waals surface area contributed by atoms with Gasteiger partial charge in [0.05, 0.1) is 10.4 Å². The minimum absolute atomic E-state index is 0.0942. The predicted octanol–water partition coefficient (Wildman–Crippen LogP) is 4.29. The Kier molecular flexibility index (Phi) is 2.66. The number of hydrogen-bond donors (Lipinski definition) is 1. The molecule has 22 heavy (non-hydrogen) atoms. The largest absolute Gasteiger partial charge is 0.354 e. The SMILES string of the molecule is O=[N+]([O-])c1ccc(-c2cccc3c2[nH]c2ccncc23)cc1. The van der Waals surface area contributed by atoms with Crippen molar-refractivity contribution in [2.45, 2.75) is 0 Å². The number of nitrogens with one attached hydrogen (secondary N) is 1. The van der Waals surface area contributed by atoms with Crippen LogP contribution in [0.1, 0.15) is 0 Å². The second-order valence-corrected chi connectivity index (χ2v) is 5.08. The van der Waals surface area contributed by atoms with E-state index in [9.17, 15) is 10.1 Å². The number of nitro groups is 1. The van der Waals surface area contributed by atoms with E-state index in [2.05, 4.69) is 9.97 Å². The molecule has 4 aromatic rings. The van der Waals surface area contributed by atoms with Crippen LogP contribution in [0, 0.1) is 10.1 Å². The molecule has 5 heteroatoms. The Morgan fingerprint density at radius 2 is 1.82 bits per heavy atom. The molecule has 1 N–H and O–H groups in total. The Labute approximate surface area is 125 Å². The second kappa shape index (κ2) is 4.66. The summed E-state index contributed by atoms with van der Waals surface area (Å²) in [6.45, 7) is 0. The summed E-state index contributed by atoms with van der Waals surface area (Å²) in [5.41, 5.74) is 4.09. The van der Waals surface area contributed by atoms with E-state index in [-0.39, 0.29) is 10.6 Å². The number of hydrogen-bond acceptors (Lipinski definition) is 3. The Hall–Kier alpha value is -3.21. The molecule has 0 saturated carbocycles. The van der Waals surface area contributed by atoms with Crippen molar-refractivity contribution in [3.05, 3.63) is 71.0 Å². The summed E-state index contributed by atoms with van der Waals surface area (Å²) >= 11 is 0. The number of benzene rings is 2. The van der Waals surface area contributed by atoms with E-state index >= 15 is 0 Å². The molecule has 0 saturated heterocycles. The van der Waals surface area contributed by atoms with E-state index in [0.717, 1.165) is 32.9 Å². The third kappa shape index (κ3) is 1.83. The van der Waals surface area contributed by atoms with Gasteiger partial charge in [-0.2, -0.15) is 0 Å². The summed E-state index contributed by atoms with van der Waals surface area (Å²) in [6, 6.07) is 14.6. The number of aromatic nitrogens is 2. The number of aromatic amines is 1. The van der Waals surface area contributed by atoms with Crippen molar-refractivity contribution >= 4 is 27.5 Å². The number of nitro benzene ring substituents is 1. The highest BCUT2D eigenvalue weighted by Gasteiger charge is 2.11. The molecule has 0 aliphatic carbocycles. The number of rotatable bonds is 2. The van der Waals surface area contributed by atoms with Crippen molar-refractivity contribution in [1.29, 1.82) is 0 Å². The van der Waals surface area contributed by atoms with Crippen LogP contribution >= 0.6 is 0 Å². The lowest BCUT2D eigenvalue weighted by Crippen LogP contribution is -1.87. The Bertz CT molecular complexity index is 1000. The molecule has 0 spiro atoms. The monoisotopic (exact) mass is 289 g/mol. The number of para-hydroxylation sites is 1. The van der Waals surface area contributed by atoms with Crippen LogP contribution in [0.15, 0.2) is 60.9 Å². The maximum Gasteiger partial charge on any atom is 0.269 e. The number of nitrogens with zero attached hydrogens (tertiary/aromatic N) is 2. The molecule has 2 heterocycles. The molecule has 2 aromatic carbocycles. The van der Waals surface area contributed by atoms with Gasteiger partial charge in [-0.3, -0.25) is 15.1 Å². The molecular weight excluding hydrogens is 278 g/mol. The summed E-state index contributed by atoms with van der Waals surface area (Å²) in [7, 11) is 0. The Morgan fingerprint density at radius 1 is 1.00 bits per heavy atom. The number of pyridine rings is 1. The average Bonchev–Trinajstić information content (AvgIpc) is 2.93. The molecule has 2 aromatic heterocycles. The third-order valence-corrected chi connectivity index (χ3v) is 3.82. The highest BCUT2D eigenvalue weighted by atomic mass is 16.6. The number of H-pyrrole nitrogens is 1. The molecule has 4 rings (SSSR count). The van der Waals surface area contributed by atoms with E-state index in [1.807, 2.05) is 30.5 Å². The molecule has 0 bridgehead atoms. The van der Waals surface area contributed by atoms with Gasteiger partial charge in [-0.25, -0.2) is 0 Å².